The highest BCUT2D eigenvalue weighted by atomic mass is 32.2. The van der Waals surface area contributed by atoms with E-state index in [4.69, 9.17) is 0 Å². The van der Waals surface area contributed by atoms with Crippen LogP contribution in [0.2, 0.25) is 0 Å². The molecule has 1 N–H and O–H groups in total. The van der Waals surface area contributed by atoms with Gasteiger partial charge in [0.05, 0.1) is 11.8 Å². The predicted octanol–water partition coefficient (Wildman–Crippen LogP) is 2.28. The highest BCUT2D eigenvalue weighted by Gasteiger charge is 2.31. The van der Waals surface area contributed by atoms with E-state index < -0.39 is 0 Å². The quantitative estimate of drug-likeness (QED) is 0.855. The Hall–Kier alpha value is -1.41. The maximum absolute atomic E-state index is 12.4. The summed E-state index contributed by atoms with van der Waals surface area (Å²) in [6.07, 6.45) is 4.67. The van der Waals surface area contributed by atoms with E-state index in [0.29, 0.717) is 10.9 Å². The molecule has 1 amide bonds. The summed E-state index contributed by atoms with van der Waals surface area (Å²) in [6, 6.07) is 0.149. The fourth-order valence-electron chi connectivity index (χ4n) is 2.43. The highest BCUT2D eigenvalue weighted by Crippen LogP contribution is 2.33. The van der Waals surface area contributed by atoms with Crippen LogP contribution in [0.5, 0.6) is 0 Å². The van der Waals surface area contributed by atoms with Crippen molar-refractivity contribution >= 4 is 29.0 Å². The van der Waals surface area contributed by atoms with Gasteiger partial charge in [0.15, 0.2) is 0 Å². The minimum absolute atomic E-state index is 0.139. The maximum Gasteiger partial charge on any atom is 0.233 e. The highest BCUT2D eigenvalue weighted by molar-refractivity contribution is 7.99. The largest absolute Gasteiger partial charge is 0.332 e. The average Bonchev–Trinajstić information content (AvgIpc) is 3.24. The van der Waals surface area contributed by atoms with Crippen molar-refractivity contribution in [3.63, 3.8) is 0 Å². The molecule has 3 rings (SSSR count). The van der Waals surface area contributed by atoms with Gasteiger partial charge in [-0.25, -0.2) is 9.97 Å². The molecular weight excluding hydrogens is 306 g/mol. The molecule has 3 heterocycles. The third-order valence-corrected chi connectivity index (χ3v) is 5.19. The van der Waals surface area contributed by atoms with Gasteiger partial charge in [0.2, 0.25) is 11.1 Å². The second kappa shape index (κ2) is 6.57. The van der Waals surface area contributed by atoms with Gasteiger partial charge >= 0.3 is 0 Å². The lowest BCUT2D eigenvalue weighted by Gasteiger charge is -2.22. The number of nitrogens with zero attached hydrogens (tertiary/aromatic N) is 4. The second-order valence-corrected chi connectivity index (χ2v) is 6.69. The van der Waals surface area contributed by atoms with E-state index in [0.717, 1.165) is 36.6 Å². The van der Waals surface area contributed by atoms with Crippen LogP contribution in [0.3, 0.4) is 0 Å². The van der Waals surface area contributed by atoms with Crippen LogP contribution in [0.15, 0.2) is 16.7 Å². The molecule has 1 fully saturated rings. The fraction of sp³-hybridized carbons (Fsp3) is 0.538. The van der Waals surface area contributed by atoms with Crippen molar-refractivity contribution in [2.75, 3.05) is 12.3 Å². The van der Waals surface area contributed by atoms with E-state index in [2.05, 4.69) is 20.2 Å². The van der Waals surface area contributed by atoms with E-state index in [9.17, 15) is 4.79 Å². The van der Waals surface area contributed by atoms with Crippen molar-refractivity contribution in [2.45, 2.75) is 37.4 Å². The fourth-order valence-corrected chi connectivity index (χ4v) is 3.92. The van der Waals surface area contributed by atoms with Gasteiger partial charge in [0, 0.05) is 24.5 Å². The molecule has 0 aromatic carbocycles. The first-order chi connectivity index (χ1) is 10.3. The average molecular weight is 323 g/mol. The number of aromatic nitrogens is 4. The Morgan fingerprint density at radius 3 is 3.24 bits per heavy atom. The number of likely N-dealkylation sites (tertiary alicyclic amines) is 1. The number of carbonyl (C=O) groups excluding carboxylic acids is 1. The molecule has 0 aliphatic carbocycles. The molecule has 1 aliphatic rings. The lowest BCUT2D eigenvalue weighted by Crippen LogP contribution is -2.31. The van der Waals surface area contributed by atoms with Gasteiger partial charge in [0.1, 0.15) is 10.8 Å². The van der Waals surface area contributed by atoms with Gasteiger partial charge < -0.3 is 4.90 Å². The number of hydrogen-bond acceptors (Lipinski definition) is 6. The lowest BCUT2D eigenvalue weighted by atomic mass is 10.2. The monoisotopic (exact) mass is 323 g/mol. The number of H-pyrrole nitrogens is 1. The molecule has 0 spiro atoms. The molecule has 1 unspecified atom stereocenters. The molecule has 1 aliphatic heterocycles. The summed E-state index contributed by atoms with van der Waals surface area (Å²) in [6.45, 7) is 2.83. The molecule has 2 aromatic rings. The number of thioether (sulfide) groups is 1. The Morgan fingerprint density at radius 2 is 2.52 bits per heavy atom. The van der Waals surface area contributed by atoms with Crippen molar-refractivity contribution < 1.29 is 4.79 Å². The summed E-state index contributed by atoms with van der Waals surface area (Å²) < 4.78 is 0. The normalized spacial score (nSPS) is 18.3. The number of thiazole rings is 1. The molecule has 1 atom stereocenters. The van der Waals surface area contributed by atoms with Crippen LogP contribution in [0.4, 0.5) is 0 Å². The summed E-state index contributed by atoms with van der Waals surface area (Å²) in [5, 5.41) is 10.6. The molecule has 2 aromatic heterocycles. The van der Waals surface area contributed by atoms with E-state index >= 15 is 0 Å². The summed E-state index contributed by atoms with van der Waals surface area (Å²) in [4.78, 5) is 23.0. The van der Waals surface area contributed by atoms with Crippen LogP contribution in [0.25, 0.3) is 0 Å². The zero-order valence-corrected chi connectivity index (χ0v) is 13.4. The summed E-state index contributed by atoms with van der Waals surface area (Å²) in [7, 11) is 0. The SMILES string of the molecule is CCc1nc(SCC(=O)N2CCCC2c2nccs2)n[nH]1. The maximum atomic E-state index is 12.4. The number of hydrogen-bond donors (Lipinski definition) is 1. The number of carbonyl (C=O) groups is 1. The van der Waals surface area contributed by atoms with Crippen LogP contribution in [-0.2, 0) is 11.2 Å². The topological polar surface area (TPSA) is 74.8 Å². The molecular formula is C13H17N5OS2. The van der Waals surface area contributed by atoms with Crippen LogP contribution in [0.1, 0.15) is 36.6 Å². The number of nitrogens with one attached hydrogen (secondary N) is 1. The van der Waals surface area contributed by atoms with Crippen molar-refractivity contribution in [1.29, 1.82) is 0 Å². The Kier molecular flexibility index (Phi) is 4.54. The first-order valence-electron chi connectivity index (χ1n) is 7.01. The molecule has 0 saturated carbocycles. The zero-order valence-electron chi connectivity index (χ0n) is 11.8. The molecule has 21 heavy (non-hydrogen) atoms. The van der Waals surface area contributed by atoms with E-state index in [-0.39, 0.29) is 11.9 Å². The zero-order chi connectivity index (χ0) is 14.7. The minimum Gasteiger partial charge on any atom is -0.332 e. The van der Waals surface area contributed by atoms with E-state index in [1.807, 2.05) is 17.2 Å². The minimum atomic E-state index is 0.139. The predicted molar refractivity (Wildman–Crippen MR) is 82.3 cm³/mol. The summed E-state index contributed by atoms with van der Waals surface area (Å²) in [5.41, 5.74) is 0. The number of rotatable bonds is 5. The lowest BCUT2D eigenvalue weighted by molar-refractivity contribution is -0.129. The Bertz CT molecular complexity index is 597. The van der Waals surface area contributed by atoms with Gasteiger partial charge in [-0.15, -0.1) is 16.4 Å². The molecule has 8 heteroatoms. The molecule has 112 valence electrons. The van der Waals surface area contributed by atoms with Crippen molar-refractivity contribution in [2.24, 2.45) is 0 Å². The summed E-state index contributed by atoms with van der Waals surface area (Å²) in [5.74, 6) is 1.37. The number of aromatic amines is 1. The molecule has 1 saturated heterocycles. The molecule has 6 nitrogen and oxygen atoms in total. The molecule has 0 radical (unpaired) electrons. The van der Waals surface area contributed by atoms with Gasteiger partial charge in [-0.2, -0.15) is 0 Å². The Morgan fingerprint density at radius 1 is 1.62 bits per heavy atom. The third-order valence-electron chi connectivity index (χ3n) is 3.48. The van der Waals surface area contributed by atoms with Crippen molar-refractivity contribution in [3.8, 4) is 0 Å². The smallest absolute Gasteiger partial charge is 0.233 e. The Balaban J connectivity index is 1.59. The van der Waals surface area contributed by atoms with Crippen LogP contribution >= 0.6 is 23.1 Å². The van der Waals surface area contributed by atoms with Gasteiger partial charge in [0.25, 0.3) is 0 Å². The first-order valence-corrected chi connectivity index (χ1v) is 8.87. The van der Waals surface area contributed by atoms with Crippen LogP contribution in [0, 0.1) is 0 Å². The van der Waals surface area contributed by atoms with Crippen LogP contribution in [-0.4, -0.2) is 43.3 Å². The van der Waals surface area contributed by atoms with Crippen molar-refractivity contribution in [1.82, 2.24) is 25.1 Å². The second-order valence-electron chi connectivity index (χ2n) is 4.82. The van der Waals surface area contributed by atoms with E-state index in [1.165, 1.54) is 11.8 Å². The standard InChI is InChI=1S/C13H17N5OS2/c1-2-10-15-13(17-16-10)21-8-11(19)18-6-3-4-9(18)12-14-5-7-20-12/h5,7,9H,2-4,6,8H2,1H3,(H,15,16,17). The first kappa shape index (κ1) is 14.5. The van der Waals surface area contributed by atoms with Gasteiger partial charge in [-0.05, 0) is 12.8 Å². The molecule has 0 bridgehead atoms. The van der Waals surface area contributed by atoms with Crippen molar-refractivity contribution in [3.05, 3.63) is 22.4 Å². The van der Waals surface area contributed by atoms with Gasteiger partial charge in [-0.1, -0.05) is 18.7 Å². The van der Waals surface area contributed by atoms with E-state index in [1.54, 1.807) is 17.5 Å². The Labute approximate surface area is 131 Å². The number of aryl methyl sites for hydroxylation is 1. The summed E-state index contributed by atoms with van der Waals surface area (Å²) >= 11 is 3.01. The van der Waals surface area contributed by atoms with Crippen LogP contribution < -0.4 is 0 Å². The number of amides is 1. The van der Waals surface area contributed by atoms with Gasteiger partial charge in [-0.3, -0.25) is 9.89 Å². The third kappa shape index (κ3) is 3.26.